The average molecular weight is 229 g/mol. The number of aromatic nitrogens is 1. The quantitative estimate of drug-likeness (QED) is 0.879. The molecule has 2 aromatic rings. The molecule has 1 aromatic heterocycles. The van der Waals surface area contributed by atoms with E-state index in [1.54, 1.807) is 30.5 Å². The Bertz CT molecular complexity index is 552. The number of aryl methyl sites for hydroxylation is 1. The van der Waals surface area contributed by atoms with Crippen LogP contribution in [0.3, 0.4) is 0 Å². The maximum Gasteiger partial charge on any atom is 0.339 e. The number of carboxylic acid groups (broad SMARTS) is 1. The Balaban J connectivity index is 2.37. The second-order valence-electron chi connectivity index (χ2n) is 3.53. The number of benzene rings is 1. The molecule has 4 nitrogen and oxygen atoms in total. The number of hydrogen-bond donors (Lipinski definition) is 1. The first kappa shape index (κ1) is 11.1. The van der Waals surface area contributed by atoms with Crippen LogP contribution in [0.1, 0.15) is 15.9 Å². The summed E-state index contributed by atoms with van der Waals surface area (Å²) in [4.78, 5) is 15.1. The largest absolute Gasteiger partial charge is 0.478 e. The summed E-state index contributed by atoms with van der Waals surface area (Å²) in [5.74, 6) is -0.308. The van der Waals surface area contributed by atoms with Crippen LogP contribution in [0, 0.1) is 6.92 Å². The van der Waals surface area contributed by atoms with Gasteiger partial charge in [-0.25, -0.2) is 9.78 Å². The summed E-state index contributed by atoms with van der Waals surface area (Å²) in [5.41, 5.74) is 0.977. The number of para-hydroxylation sites is 1. The lowest BCUT2D eigenvalue weighted by atomic mass is 10.2. The maximum absolute atomic E-state index is 11.0. The van der Waals surface area contributed by atoms with Gasteiger partial charge >= 0.3 is 5.97 Å². The predicted octanol–water partition coefficient (Wildman–Crippen LogP) is 2.88. The van der Waals surface area contributed by atoms with E-state index in [-0.39, 0.29) is 5.56 Å². The van der Waals surface area contributed by atoms with Crippen LogP contribution in [0.4, 0.5) is 0 Å². The molecule has 0 spiro atoms. The fourth-order valence-electron chi connectivity index (χ4n) is 1.41. The molecular formula is C13H11NO3. The normalized spacial score (nSPS) is 9.94. The number of carbonyl (C=O) groups is 1. The van der Waals surface area contributed by atoms with E-state index >= 15 is 0 Å². The van der Waals surface area contributed by atoms with Crippen LogP contribution in [0.15, 0.2) is 42.6 Å². The summed E-state index contributed by atoms with van der Waals surface area (Å²) in [5, 5.41) is 9.01. The molecule has 2 rings (SSSR count). The average Bonchev–Trinajstić information content (AvgIpc) is 2.32. The van der Waals surface area contributed by atoms with Crippen LogP contribution in [0.25, 0.3) is 0 Å². The molecule has 4 heteroatoms. The van der Waals surface area contributed by atoms with Crippen molar-refractivity contribution in [1.82, 2.24) is 4.98 Å². The summed E-state index contributed by atoms with van der Waals surface area (Å²) < 4.78 is 5.51. The van der Waals surface area contributed by atoms with Gasteiger partial charge < -0.3 is 9.84 Å². The van der Waals surface area contributed by atoms with Crippen LogP contribution >= 0.6 is 0 Å². The van der Waals surface area contributed by atoms with Crippen molar-refractivity contribution < 1.29 is 14.6 Å². The second-order valence-corrected chi connectivity index (χ2v) is 3.53. The Hall–Kier alpha value is -2.36. The van der Waals surface area contributed by atoms with Gasteiger partial charge in [-0.05, 0) is 25.1 Å². The first-order valence-electron chi connectivity index (χ1n) is 5.10. The van der Waals surface area contributed by atoms with E-state index in [4.69, 9.17) is 9.84 Å². The molecule has 1 heterocycles. The van der Waals surface area contributed by atoms with Crippen molar-refractivity contribution in [3.05, 3.63) is 53.7 Å². The molecule has 0 bridgehead atoms. The highest BCUT2D eigenvalue weighted by molar-refractivity contribution is 5.90. The van der Waals surface area contributed by atoms with E-state index in [9.17, 15) is 4.79 Å². The molecule has 1 aromatic carbocycles. The fraction of sp³-hybridized carbons (Fsp3) is 0.0769. The van der Waals surface area contributed by atoms with Crippen molar-refractivity contribution in [2.75, 3.05) is 0 Å². The highest BCUT2D eigenvalue weighted by Gasteiger charge is 2.12. The van der Waals surface area contributed by atoms with E-state index < -0.39 is 5.97 Å². The highest BCUT2D eigenvalue weighted by atomic mass is 16.5. The number of aromatic carboxylic acids is 1. The second kappa shape index (κ2) is 4.65. The van der Waals surface area contributed by atoms with E-state index in [2.05, 4.69) is 4.98 Å². The van der Waals surface area contributed by atoms with Crippen LogP contribution in [-0.2, 0) is 0 Å². The van der Waals surface area contributed by atoms with Crippen molar-refractivity contribution >= 4 is 5.97 Å². The third-order valence-corrected chi connectivity index (χ3v) is 2.29. The van der Waals surface area contributed by atoms with Gasteiger partial charge in [0.15, 0.2) is 0 Å². The lowest BCUT2D eigenvalue weighted by molar-refractivity contribution is 0.0694. The van der Waals surface area contributed by atoms with Gasteiger partial charge in [0.05, 0.1) is 0 Å². The molecular weight excluding hydrogens is 218 g/mol. The topological polar surface area (TPSA) is 59.4 Å². The van der Waals surface area contributed by atoms with Gasteiger partial charge in [0.25, 0.3) is 0 Å². The standard InChI is InChI=1S/C13H11NO3/c1-9-5-4-8-14-12(9)17-11-7-3-2-6-10(11)13(15)16/h2-8H,1H3,(H,15,16). The zero-order chi connectivity index (χ0) is 12.3. The Labute approximate surface area is 98.5 Å². The molecule has 0 unspecified atom stereocenters. The van der Waals surface area contributed by atoms with Crippen molar-refractivity contribution in [3.8, 4) is 11.6 Å². The summed E-state index contributed by atoms with van der Waals surface area (Å²) in [6.45, 7) is 1.85. The lowest BCUT2D eigenvalue weighted by Gasteiger charge is -2.09. The number of hydrogen-bond acceptors (Lipinski definition) is 3. The first-order chi connectivity index (χ1) is 8.18. The zero-order valence-electron chi connectivity index (χ0n) is 9.25. The molecule has 0 fully saturated rings. The molecule has 0 aliphatic heterocycles. The minimum absolute atomic E-state index is 0.123. The van der Waals surface area contributed by atoms with Gasteiger partial charge in [0.1, 0.15) is 11.3 Å². The summed E-state index contributed by atoms with van der Waals surface area (Å²) in [6, 6.07) is 10.1. The van der Waals surface area contributed by atoms with E-state index in [1.165, 1.54) is 6.07 Å². The Morgan fingerprint density at radius 2 is 2.00 bits per heavy atom. The van der Waals surface area contributed by atoms with Gasteiger partial charge in [-0.3, -0.25) is 0 Å². The van der Waals surface area contributed by atoms with Crippen LogP contribution in [0.2, 0.25) is 0 Å². The fourth-order valence-corrected chi connectivity index (χ4v) is 1.41. The number of rotatable bonds is 3. The molecule has 17 heavy (non-hydrogen) atoms. The summed E-state index contributed by atoms with van der Waals surface area (Å²) in [7, 11) is 0. The Morgan fingerprint density at radius 3 is 2.71 bits per heavy atom. The number of carboxylic acids is 1. The third kappa shape index (κ3) is 2.42. The lowest BCUT2D eigenvalue weighted by Crippen LogP contribution is -2.00. The molecule has 0 aliphatic carbocycles. The molecule has 0 atom stereocenters. The van der Waals surface area contributed by atoms with Gasteiger partial charge in [0, 0.05) is 11.8 Å². The molecule has 0 saturated carbocycles. The smallest absolute Gasteiger partial charge is 0.339 e. The summed E-state index contributed by atoms with van der Waals surface area (Å²) in [6.07, 6.45) is 1.60. The van der Waals surface area contributed by atoms with Crippen LogP contribution in [0.5, 0.6) is 11.6 Å². The molecule has 0 radical (unpaired) electrons. The minimum atomic E-state index is -1.02. The van der Waals surface area contributed by atoms with Gasteiger partial charge in [0.2, 0.25) is 5.88 Å². The minimum Gasteiger partial charge on any atom is -0.478 e. The molecule has 86 valence electrons. The molecule has 1 N–H and O–H groups in total. The maximum atomic E-state index is 11.0. The van der Waals surface area contributed by atoms with Gasteiger partial charge in [-0.1, -0.05) is 18.2 Å². The van der Waals surface area contributed by atoms with Crippen LogP contribution in [-0.4, -0.2) is 16.1 Å². The van der Waals surface area contributed by atoms with E-state index in [0.717, 1.165) is 5.56 Å². The molecule has 0 aliphatic rings. The highest BCUT2D eigenvalue weighted by Crippen LogP contribution is 2.25. The SMILES string of the molecule is Cc1cccnc1Oc1ccccc1C(=O)O. The van der Waals surface area contributed by atoms with Crippen molar-refractivity contribution in [3.63, 3.8) is 0 Å². The van der Waals surface area contributed by atoms with Gasteiger partial charge in [-0.15, -0.1) is 0 Å². The third-order valence-electron chi connectivity index (χ3n) is 2.29. The van der Waals surface area contributed by atoms with Crippen LogP contribution < -0.4 is 4.74 Å². The number of ether oxygens (including phenoxy) is 1. The van der Waals surface area contributed by atoms with Crippen molar-refractivity contribution in [1.29, 1.82) is 0 Å². The molecule has 0 amide bonds. The number of pyridine rings is 1. The van der Waals surface area contributed by atoms with Crippen molar-refractivity contribution in [2.24, 2.45) is 0 Å². The monoisotopic (exact) mass is 229 g/mol. The van der Waals surface area contributed by atoms with Gasteiger partial charge in [-0.2, -0.15) is 0 Å². The predicted molar refractivity (Wildman–Crippen MR) is 62.4 cm³/mol. The van der Waals surface area contributed by atoms with E-state index in [1.807, 2.05) is 13.0 Å². The Morgan fingerprint density at radius 1 is 1.24 bits per heavy atom. The number of nitrogens with zero attached hydrogens (tertiary/aromatic N) is 1. The summed E-state index contributed by atoms with van der Waals surface area (Å²) >= 11 is 0. The molecule has 0 saturated heterocycles. The zero-order valence-corrected chi connectivity index (χ0v) is 9.25. The first-order valence-corrected chi connectivity index (χ1v) is 5.10. The van der Waals surface area contributed by atoms with E-state index in [0.29, 0.717) is 11.6 Å². The Kier molecular flexibility index (Phi) is 3.05. The van der Waals surface area contributed by atoms with Crippen molar-refractivity contribution in [2.45, 2.75) is 6.92 Å².